The summed E-state index contributed by atoms with van der Waals surface area (Å²) >= 11 is 0. The van der Waals surface area contributed by atoms with E-state index in [1.165, 1.54) is 14.0 Å². The second-order valence-electron chi connectivity index (χ2n) is 6.68. The van der Waals surface area contributed by atoms with E-state index in [2.05, 4.69) is 10.4 Å². The number of nitrogens with zero attached hydrogens (tertiary/aromatic N) is 2. The SMILES string of the molecule is Cc1ccc(C)c(NC(=O)[C@@H](C)OC(=O)c2nn(C)c(=O)c3ccccc23)c1. The van der Waals surface area contributed by atoms with Gasteiger partial charge in [-0.05, 0) is 44.0 Å². The summed E-state index contributed by atoms with van der Waals surface area (Å²) in [5.74, 6) is -1.22. The smallest absolute Gasteiger partial charge is 0.360 e. The quantitative estimate of drug-likeness (QED) is 0.704. The van der Waals surface area contributed by atoms with Gasteiger partial charge in [-0.15, -0.1) is 0 Å². The number of carbonyl (C=O) groups is 2. The van der Waals surface area contributed by atoms with Crippen molar-refractivity contribution in [1.82, 2.24) is 9.78 Å². The third-order valence-electron chi connectivity index (χ3n) is 4.45. The van der Waals surface area contributed by atoms with Crippen molar-refractivity contribution < 1.29 is 14.3 Å². The minimum absolute atomic E-state index is 0.0101. The summed E-state index contributed by atoms with van der Waals surface area (Å²) in [4.78, 5) is 37.3. The maximum Gasteiger partial charge on any atom is 0.360 e. The molecule has 1 N–H and O–H groups in total. The lowest BCUT2D eigenvalue weighted by Crippen LogP contribution is -2.31. The molecular formula is C21H21N3O4. The van der Waals surface area contributed by atoms with Crippen LogP contribution >= 0.6 is 0 Å². The number of aryl methyl sites for hydroxylation is 3. The van der Waals surface area contributed by atoms with Gasteiger partial charge >= 0.3 is 5.97 Å². The van der Waals surface area contributed by atoms with Crippen LogP contribution in [0.1, 0.15) is 28.5 Å². The first kappa shape index (κ1) is 19.3. The van der Waals surface area contributed by atoms with Crippen LogP contribution in [-0.4, -0.2) is 27.8 Å². The van der Waals surface area contributed by atoms with E-state index in [1.807, 2.05) is 32.0 Å². The lowest BCUT2D eigenvalue weighted by atomic mass is 10.1. The van der Waals surface area contributed by atoms with Crippen molar-refractivity contribution in [3.63, 3.8) is 0 Å². The van der Waals surface area contributed by atoms with E-state index in [-0.39, 0.29) is 11.3 Å². The molecule has 144 valence electrons. The van der Waals surface area contributed by atoms with Gasteiger partial charge in [-0.3, -0.25) is 9.59 Å². The second-order valence-corrected chi connectivity index (χ2v) is 6.68. The molecule has 0 saturated carbocycles. The summed E-state index contributed by atoms with van der Waals surface area (Å²) in [6, 6.07) is 12.4. The minimum Gasteiger partial charge on any atom is -0.448 e. The van der Waals surface area contributed by atoms with Gasteiger partial charge in [0.15, 0.2) is 11.8 Å². The Balaban J connectivity index is 1.82. The van der Waals surface area contributed by atoms with Gasteiger partial charge in [-0.1, -0.05) is 30.3 Å². The Labute approximate surface area is 161 Å². The molecule has 1 heterocycles. The van der Waals surface area contributed by atoms with Gasteiger partial charge in [-0.25, -0.2) is 9.48 Å². The maximum absolute atomic E-state index is 12.6. The molecule has 0 unspecified atom stereocenters. The second kappa shape index (κ2) is 7.64. The largest absolute Gasteiger partial charge is 0.448 e. The fourth-order valence-corrected chi connectivity index (χ4v) is 2.83. The van der Waals surface area contributed by atoms with E-state index in [0.29, 0.717) is 16.5 Å². The number of rotatable bonds is 4. The molecule has 7 nitrogen and oxygen atoms in total. The van der Waals surface area contributed by atoms with Gasteiger partial charge in [0, 0.05) is 18.1 Å². The fraction of sp³-hybridized carbons (Fsp3) is 0.238. The van der Waals surface area contributed by atoms with Crippen molar-refractivity contribution in [3.05, 3.63) is 69.6 Å². The van der Waals surface area contributed by atoms with Crippen LogP contribution in [0.2, 0.25) is 0 Å². The zero-order valence-electron chi connectivity index (χ0n) is 16.1. The highest BCUT2D eigenvalue weighted by atomic mass is 16.5. The van der Waals surface area contributed by atoms with Crippen molar-refractivity contribution >= 4 is 28.3 Å². The molecule has 2 aromatic carbocycles. The average molecular weight is 379 g/mol. The summed E-state index contributed by atoms with van der Waals surface area (Å²) in [5.41, 5.74) is 2.25. The first-order chi connectivity index (χ1) is 13.3. The number of aromatic nitrogens is 2. The molecule has 0 fully saturated rings. The highest BCUT2D eigenvalue weighted by Crippen LogP contribution is 2.18. The number of esters is 1. The molecule has 0 aliphatic carbocycles. The van der Waals surface area contributed by atoms with E-state index in [1.54, 1.807) is 24.3 Å². The molecule has 1 aromatic heterocycles. The molecule has 1 amide bonds. The maximum atomic E-state index is 12.6. The molecule has 28 heavy (non-hydrogen) atoms. The fourth-order valence-electron chi connectivity index (χ4n) is 2.83. The highest BCUT2D eigenvalue weighted by molar-refractivity contribution is 6.03. The number of benzene rings is 2. The monoisotopic (exact) mass is 379 g/mol. The molecule has 3 rings (SSSR count). The Bertz CT molecular complexity index is 1130. The van der Waals surface area contributed by atoms with Crippen molar-refractivity contribution in [2.24, 2.45) is 7.05 Å². The van der Waals surface area contributed by atoms with Gasteiger partial charge in [0.05, 0.1) is 5.39 Å². The third kappa shape index (κ3) is 3.78. The minimum atomic E-state index is -1.04. The third-order valence-corrected chi connectivity index (χ3v) is 4.45. The van der Waals surface area contributed by atoms with E-state index >= 15 is 0 Å². The van der Waals surface area contributed by atoms with Crippen LogP contribution in [0, 0.1) is 13.8 Å². The Kier molecular flexibility index (Phi) is 5.26. The van der Waals surface area contributed by atoms with E-state index < -0.39 is 18.0 Å². The topological polar surface area (TPSA) is 90.3 Å². The zero-order valence-corrected chi connectivity index (χ0v) is 16.1. The number of nitrogens with one attached hydrogen (secondary N) is 1. The van der Waals surface area contributed by atoms with Crippen molar-refractivity contribution in [2.45, 2.75) is 26.9 Å². The highest BCUT2D eigenvalue weighted by Gasteiger charge is 2.23. The van der Waals surface area contributed by atoms with Crippen molar-refractivity contribution in [2.75, 3.05) is 5.32 Å². The predicted molar refractivity (Wildman–Crippen MR) is 106 cm³/mol. The first-order valence-electron chi connectivity index (χ1n) is 8.83. The van der Waals surface area contributed by atoms with Crippen molar-refractivity contribution in [1.29, 1.82) is 0 Å². The molecule has 3 aromatic rings. The molecular weight excluding hydrogens is 358 g/mol. The summed E-state index contributed by atoms with van der Waals surface area (Å²) < 4.78 is 6.40. The van der Waals surface area contributed by atoms with Gasteiger partial charge in [-0.2, -0.15) is 5.10 Å². The normalized spacial score (nSPS) is 11.9. The summed E-state index contributed by atoms with van der Waals surface area (Å²) in [6.07, 6.45) is -1.04. The van der Waals surface area contributed by atoms with Gasteiger partial charge in [0.1, 0.15) is 0 Å². The number of fused-ring (bicyclic) bond motifs is 1. The summed E-state index contributed by atoms with van der Waals surface area (Å²) in [7, 11) is 1.46. The van der Waals surface area contributed by atoms with Crippen molar-refractivity contribution in [3.8, 4) is 0 Å². The Morgan fingerprint density at radius 3 is 2.50 bits per heavy atom. The number of carbonyl (C=O) groups excluding carboxylic acids is 2. The van der Waals surface area contributed by atoms with Crippen LogP contribution in [0.3, 0.4) is 0 Å². The lowest BCUT2D eigenvalue weighted by molar-refractivity contribution is -0.123. The summed E-state index contributed by atoms with van der Waals surface area (Å²) in [6.45, 7) is 5.30. The number of anilines is 1. The van der Waals surface area contributed by atoms with Crippen LogP contribution in [0.15, 0.2) is 47.3 Å². The predicted octanol–water partition coefficient (Wildman–Crippen LogP) is 2.73. The van der Waals surface area contributed by atoms with Crippen LogP contribution in [-0.2, 0) is 16.6 Å². The van der Waals surface area contributed by atoms with E-state index in [9.17, 15) is 14.4 Å². The van der Waals surface area contributed by atoms with Crippen LogP contribution < -0.4 is 10.9 Å². The molecule has 0 spiro atoms. The lowest BCUT2D eigenvalue weighted by Gasteiger charge is -2.15. The van der Waals surface area contributed by atoms with E-state index in [4.69, 9.17) is 4.74 Å². The molecule has 1 atom stereocenters. The number of hydrogen-bond acceptors (Lipinski definition) is 5. The Morgan fingerprint density at radius 1 is 1.11 bits per heavy atom. The number of amides is 1. The van der Waals surface area contributed by atoms with Gasteiger partial charge < -0.3 is 10.1 Å². The standard InChI is InChI=1S/C21H21N3O4/c1-12-9-10-13(2)17(11-12)22-19(25)14(3)28-21(27)18-15-7-5-6-8-16(15)20(26)24(4)23-18/h5-11,14H,1-4H3,(H,22,25)/t14-/m1/s1. The molecule has 0 saturated heterocycles. The van der Waals surface area contributed by atoms with Crippen LogP contribution in [0.25, 0.3) is 10.8 Å². The average Bonchev–Trinajstić information content (AvgIpc) is 2.67. The van der Waals surface area contributed by atoms with Gasteiger partial charge in [0.2, 0.25) is 0 Å². The molecule has 0 radical (unpaired) electrons. The zero-order chi connectivity index (χ0) is 20.4. The molecule has 0 bridgehead atoms. The Hall–Kier alpha value is -3.48. The van der Waals surface area contributed by atoms with Crippen LogP contribution in [0.4, 0.5) is 5.69 Å². The summed E-state index contributed by atoms with van der Waals surface area (Å²) in [5, 5.41) is 7.54. The van der Waals surface area contributed by atoms with E-state index in [0.717, 1.165) is 15.8 Å². The molecule has 7 heteroatoms. The molecule has 0 aliphatic rings. The van der Waals surface area contributed by atoms with Gasteiger partial charge in [0.25, 0.3) is 11.5 Å². The number of hydrogen-bond donors (Lipinski definition) is 1. The van der Waals surface area contributed by atoms with Crippen LogP contribution in [0.5, 0.6) is 0 Å². The first-order valence-corrected chi connectivity index (χ1v) is 8.83. The number of ether oxygens (including phenoxy) is 1. The Morgan fingerprint density at radius 2 is 1.79 bits per heavy atom. The molecule has 0 aliphatic heterocycles.